The zero-order valence-electron chi connectivity index (χ0n) is 31.8. The van der Waals surface area contributed by atoms with Crippen LogP contribution in [-0.4, -0.2) is 56.2 Å². The van der Waals surface area contributed by atoms with Gasteiger partial charge in [0.15, 0.2) is 28.0 Å². The number of azo groups is 2. The molecule has 56 heavy (non-hydrogen) atoms. The minimum Gasteiger partial charge on any atom is -0.844 e. The summed E-state index contributed by atoms with van der Waals surface area (Å²) in [4.78, 5) is 12.0. The number of aromatic nitrogens is 9. The fraction of sp³-hybridized carbons (Fsp3) is 0.258. The number of rotatable bonds is 7. The molecule has 4 N–H and O–H groups in total. The van der Waals surface area contributed by atoms with Gasteiger partial charge in [0.1, 0.15) is 15.1 Å². The Balaban J connectivity index is 0.00000232. The Bertz CT molecular complexity index is 2750. The normalized spacial score (nSPS) is 12.3. The van der Waals surface area contributed by atoms with E-state index in [1.54, 1.807) is 12.1 Å². The predicted octanol–water partition coefficient (Wildman–Crippen LogP) is -3.16. The maximum absolute atomic E-state index is 13.0. The average molecular weight is 792 g/mol. The number of hydrogen-bond donors (Lipinski definition) is 2. The van der Waals surface area contributed by atoms with Crippen LogP contribution in [0, 0.1) is 6.07 Å². The van der Waals surface area contributed by atoms with Gasteiger partial charge in [0.25, 0.3) is 11.9 Å². The van der Waals surface area contributed by atoms with Crippen molar-refractivity contribution >= 4 is 88.0 Å². The van der Waals surface area contributed by atoms with Crippen LogP contribution in [0.2, 0.25) is 0 Å². The molecule has 7 rings (SSSR count). The first-order chi connectivity index (χ1) is 24.9. The third kappa shape index (κ3) is 8.60. The summed E-state index contributed by atoms with van der Waals surface area (Å²) in [6.45, 7) is 11.4. The molecule has 0 aliphatic heterocycles. The maximum Gasteiger partial charge on any atom is 1.00 e. The minimum atomic E-state index is -4.72. The number of nitrogen functional groups attached to an aromatic ring is 2. The van der Waals surface area contributed by atoms with E-state index in [-0.39, 0.29) is 96.5 Å². The Hall–Kier alpha value is -4.05. The molecule has 0 spiro atoms. The fourth-order valence-corrected chi connectivity index (χ4v) is 6.96. The van der Waals surface area contributed by atoms with Crippen LogP contribution in [0.1, 0.15) is 52.9 Å². The zero-order valence-corrected chi connectivity index (χ0v) is 34.2. The van der Waals surface area contributed by atoms with E-state index in [1.165, 1.54) is 34.4 Å². The van der Waals surface area contributed by atoms with Crippen molar-refractivity contribution < 1.29 is 74.7 Å². The van der Waals surface area contributed by atoms with E-state index in [0.29, 0.717) is 27.3 Å². The summed E-state index contributed by atoms with van der Waals surface area (Å²) in [5, 5.41) is 41.6. The summed E-state index contributed by atoms with van der Waals surface area (Å²) in [5.41, 5.74) is 14.3. The van der Waals surface area contributed by atoms with Crippen LogP contribution in [0.15, 0.2) is 61.8 Å². The number of nitrogens with zero attached hydrogens (tertiary/aromatic N) is 13. The van der Waals surface area contributed by atoms with E-state index in [0.717, 1.165) is 27.1 Å². The van der Waals surface area contributed by atoms with E-state index < -0.39 is 31.9 Å². The van der Waals surface area contributed by atoms with E-state index in [1.807, 2.05) is 47.6 Å². The molecule has 0 aliphatic rings. The molecule has 0 atom stereocenters. The quantitative estimate of drug-likeness (QED) is 0.0699. The van der Waals surface area contributed by atoms with Gasteiger partial charge >= 0.3 is 56.6 Å². The number of anilines is 2. The van der Waals surface area contributed by atoms with Gasteiger partial charge in [0, 0.05) is 16.2 Å². The van der Waals surface area contributed by atoms with Crippen LogP contribution in [-0.2, 0) is 20.9 Å². The third-order valence-electron chi connectivity index (χ3n) is 7.68. The second-order valence-corrected chi connectivity index (χ2v) is 16.5. The van der Waals surface area contributed by atoms with Crippen molar-refractivity contribution in [3.8, 4) is 17.9 Å². The smallest absolute Gasteiger partial charge is 0.844 e. The van der Waals surface area contributed by atoms with Gasteiger partial charge in [-0.1, -0.05) is 46.9 Å². The molecule has 0 radical (unpaired) electrons. The number of hydrogen-bond acceptors (Lipinski definition) is 19. The Morgan fingerprint density at radius 2 is 1.21 bits per heavy atom. The van der Waals surface area contributed by atoms with Gasteiger partial charge in [-0.05, 0) is 46.8 Å². The first-order valence-electron chi connectivity index (χ1n) is 15.6. The van der Waals surface area contributed by atoms with Crippen molar-refractivity contribution in [1.82, 2.24) is 43.3 Å². The topological polar surface area (TPSA) is 282 Å². The first kappa shape index (κ1) is 44.7. The summed E-state index contributed by atoms with van der Waals surface area (Å²) >= 11 is 2.12. The Morgan fingerprint density at radius 1 is 0.732 bits per heavy atom. The molecule has 0 aliphatic carbocycles. The zero-order chi connectivity index (χ0) is 38.0. The average Bonchev–Trinajstić information content (AvgIpc) is 3.84. The molecule has 0 unspecified atom stereocenters. The van der Waals surface area contributed by atoms with Crippen molar-refractivity contribution in [2.45, 2.75) is 57.3 Å². The molecule has 0 fully saturated rings. The molecule has 5 heterocycles. The van der Waals surface area contributed by atoms with Gasteiger partial charge in [0.2, 0.25) is 0 Å². The predicted molar refractivity (Wildman–Crippen MR) is 194 cm³/mol. The summed E-state index contributed by atoms with van der Waals surface area (Å²) < 4.78 is 45.9. The van der Waals surface area contributed by atoms with Gasteiger partial charge in [-0.25, -0.2) is 22.8 Å². The van der Waals surface area contributed by atoms with Crippen LogP contribution < -0.4 is 73.2 Å². The van der Waals surface area contributed by atoms with Crippen LogP contribution in [0.25, 0.3) is 33.7 Å². The second-order valence-electron chi connectivity index (χ2n) is 13.7. The first-order valence-corrected chi connectivity index (χ1v) is 18.5. The molecule has 0 saturated heterocycles. The van der Waals surface area contributed by atoms with Crippen molar-refractivity contribution in [3.05, 3.63) is 53.9 Å². The molecule has 7 aromatic rings. The van der Waals surface area contributed by atoms with Gasteiger partial charge in [0.05, 0.1) is 27.8 Å². The summed E-state index contributed by atoms with van der Waals surface area (Å²) in [6.07, 6.45) is 0. The number of benzene rings is 2. The largest absolute Gasteiger partial charge is 1.00 e. The molecular weight excluding hydrogens is 763 g/mol. The summed E-state index contributed by atoms with van der Waals surface area (Å²) in [5.74, 6) is -0.531. The maximum atomic E-state index is 13.0. The molecule has 25 heteroatoms. The van der Waals surface area contributed by atoms with Crippen LogP contribution in [0.5, 0.6) is 6.01 Å². The molecule has 0 saturated carbocycles. The Kier molecular flexibility index (Phi) is 13.1. The Labute approximate surface area is 364 Å². The monoisotopic (exact) mass is 791 g/mol. The van der Waals surface area contributed by atoms with E-state index >= 15 is 0 Å². The van der Waals surface area contributed by atoms with Crippen molar-refractivity contribution in [1.29, 1.82) is 0 Å². The summed E-state index contributed by atoms with van der Waals surface area (Å²) in [7, 11) is -4.72. The second kappa shape index (κ2) is 16.4. The Morgan fingerprint density at radius 3 is 1.70 bits per heavy atom. The molecule has 272 valence electrons. The number of nitrogens with two attached hydrogens (primary N) is 2. The van der Waals surface area contributed by atoms with E-state index in [4.69, 9.17) is 11.5 Å². The van der Waals surface area contributed by atoms with E-state index in [9.17, 15) is 18.1 Å². The molecule has 0 amide bonds. The molecule has 5 aromatic heterocycles. The SMILES string of the molecule is CC(C)(C)c1nn(-c2nc([O-])nc(-n3nc(C(C)(C)C)c(N=Nc4snc5ccc(S(=O)(=O)[O-])cc45)c3N)n2)c(N)c1N=Nc1snc2cc[c-]cc12.[Li+].[Li+].[Li+]. The molecular formula is C31H28Li3N15O4S3. The van der Waals surface area contributed by atoms with Gasteiger partial charge < -0.3 is 21.1 Å². The van der Waals surface area contributed by atoms with Crippen LogP contribution in [0.4, 0.5) is 33.0 Å². The number of fused-ring (bicyclic) bond motifs is 2. The van der Waals surface area contributed by atoms with Crippen molar-refractivity contribution in [3.63, 3.8) is 0 Å². The van der Waals surface area contributed by atoms with Crippen LogP contribution >= 0.6 is 23.1 Å². The summed E-state index contributed by atoms with van der Waals surface area (Å²) in [6, 6.07) is 11.2. The minimum absolute atomic E-state index is 0. The van der Waals surface area contributed by atoms with Crippen molar-refractivity contribution in [2.75, 3.05) is 11.5 Å². The molecule has 19 nitrogen and oxygen atoms in total. The van der Waals surface area contributed by atoms with Gasteiger partial charge in [-0.15, -0.1) is 21.4 Å². The van der Waals surface area contributed by atoms with Crippen molar-refractivity contribution in [2.24, 2.45) is 20.5 Å². The fourth-order valence-electron chi connectivity index (χ4n) is 5.10. The third-order valence-corrected chi connectivity index (χ3v) is 10.0. The molecule has 0 bridgehead atoms. The van der Waals surface area contributed by atoms with E-state index in [2.05, 4.69) is 60.4 Å². The van der Waals surface area contributed by atoms with Crippen LogP contribution in [0.3, 0.4) is 0 Å². The van der Waals surface area contributed by atoms with Gasteiger partial charge in [-0.2, -0.15) is 52.2 Å². The molecule has 2 aromatic carbocycles. The van der Waals surface area contributed by atoms with Gasteiger partial charge in [-0.3, -0.25) is 0 Å². The standard InChI is InChI=1S/C31H30N15O4S3.3Li/c1-30(2,3)21-19(37-39-25-15-9-7-8-10-17(15)43-51-25)23(32)45(41-21)27-34-28(36-29(47)35-27)46-24(33)20(22(42-46)31(4,5)6)38-40-26-16-13-14(53(48,49)50)11-12-18(16)44-52-26;;;/h8-13H,32-33H2,1-6H3,(H,48,49,50)(H,34,35,36,47);;;/q-1;3*+1/p-2.